The number of hydrogen-bond acceptors (Lipinski definition) is 3. The number of furan rings is 2. The highest BCUT2D eigenvalue weighted by Gasteiger charge is 2.18. The summed E-state index contributed by atoms with van der Waals surface area (Å²) in [5.74, 6) is 0. The van der Waals surface area contributed by atoms with E-state index in [1.807, 2.05) is 12.1 Å². The lowest BCUT2D eigenvalue weighted by Crippen LogP contribution is -2.09. The summed E-state index contributed by atoms with van der Waals surface area (Å²) in [7, 11) is 0. The highest BCUT2D eigenvalue weighted by Crippen LogP contribution is 2.43. The van der Waals surface area contributed by atoms with Crippen molar-refractivity contribution in [2.45, 2.75) is 0 Å². The molecule has 10 rings (SSSR count). The molecule has 0 amide bonds. The Hall–Kier alpha value is -6.58. The van der Waals surface area contributed by atoms with Gasteiger partial charge in [-0.25, -0.2) is 0 Å². The highest BCUT2D eigenvalue weighted by molar-refractivity contribution is 6.23. The van der Waals surface area contributed by atoms with Crippen LogP contribution in [0.2, 0.25) is 0 Å². The van der Waals surface area contributed by atoms with Gasteiger partial charge in [0.25, 0.3) is 0 Å². The van der Waals surface area contributed by atoms with Crippen molar-refractivity contribution in [3.05, 3.63) is 176 Å². The van der Waals surface area contributed by atoms with Crippen LogP contribution in [0.5, 0.6) is 0 Å². The first-order chi connectivity index (χ1) is 24.3. The Bertz CT molecular complexity index is 2770. The van der Waals surface area contributed by atoms with Gasteiger partial charge in [-0.05, 0) is 82.7 Å². The molecule has 0 aliphatic rings. The topological polar surface area (TPSA) is 29.5 Å². The number of anilines is 3. The van der Waals surface area contributed by atoms with E-state index in [-0.39, 0.29) is 0 Å². The molecule has 2 aromatic heterocycles. The molecular formula is C46H29NO2. The Morgan fingerprint density at radius 3 is 1.80 bits per heavy atom. The standard InChI is InChI=1S/C46H29NO2/c1-3-12-33(13-4-1)47(34-14-5-2-6-15-34)35-25-21-30(22-26-35)36-17-9-11-31-24-28-42-45(44(31)36)40-27-23-32(29-43(40)48-42)37-18-10-19-39-38-16-7-8-20-41(38)49-46(37)39/h1-29H. The van der Waals surface area contributed by atoms with E-state index in [0.29, 0.717) is 0 Å². The molecule has 10 aromatic rings. The zero-order valence-corrected chi connectivity index (χ0v) is 26.5. The molecule has 0 radical (unpaired) electrons. The fraction of sp³-hybridized carbons (Fsp3) is 0. The summed E-state index contributed by atoms with van der Waals surface area (Å²) in [5.41, 5.74) is 11.3. The maximum Gasteiger partial charge on any atom is 0.143 e. The Labute approximate surface area is 282 Å². The molecule has 0 fully saturated rings. The fourth-order valence-corrected chi connectivity index (χ4v) is 7.42. The van der Waals surface area contributed by atoms with Crippen LogP contribution in [-0.2, 0) is 0 Å². The minimum absolute atomic E-state index is 0.861. The van der Waals surface area contributed by atoms with E-state index in [1.54, 1.807) is 0 Å². The zero-order chi connectivity index (χ0) is 32.3. The second kappa shape index (κ2) is 11.0. The molecule has 0 unspecified atom stereocenters. The summed E-state index contributed by atoms with van der Waals surface area (Å²) in [6.45, 7) is 0. The first-order valence-corrected chi connectivity index (χ1v) is 16.6. The molecule has 0 saturated heterocycles. The summed E-state index contributed by atoms with van der Waals surface area (Å²) in [5, 5.41) is 6.87. The molecular weight excluding hydrogens is 599 g/mol. The van der Waals surface area contributed by atoms with Crippen molar-refractivity contribution in [2.75, 3.05) is 4.90 Å². The zero-order valence-electron chi connectivity index (χ0n) is 26.5. The average Bonchev–Trinajstić information content (AvgIpc) is 3.74. The summed E-state index contributed by atoms with van der Waals surface area (Å²) in [4.78, 5) is 2.29. The quantitative estimate of drug-likeness (QED) is 0.190. The van der Waals surface area contributed by atoms with Crippen LogP contribution in [0.15, 0.2) is 185 Å². The third-order valence-corrected chi connectivity index (χ3v) is 9.66. The van der Waals surface area contributed by atoms with Gasteiger partial charge in [0.2, 0.25) is 0 Å². The first kappa shape index (κ1) is 27.5. The molecule has 2 heterocycles. The van der Waals surface area contributed by atoms with Crippen LogP contribution in [0.25, 0.3) is 76.9 Å². The van der Waals surface area contributed by atoms with Crippen LogP contribution >= 0.6 is 0 Å². The molecule has 0 aliphatic heterocycles. The molecule has 0 aliphatic carbocycles. The van der Waals surface area contributed by atoms with Gasteiger partial charge in [0.1, 0.15) is 22.3 Å². The highest BCUT2D eigenvalue weighted by atomic mass is 16.3. The monoisotopic (exact) mass is 627 g/mol. The van der Waals surface area contributed by atoms with Crippen molar-refractivity contribution in [3.8, 4) is 22.3 Å². The number of hydrogen-bond donors (Lipinski definition) is 0. The smallest absolute Gasteiger partial charge is 0.143 e. The van der Waals surface area contributed by atoms with E-state index < -0.39 is 0 Å². The minimum atomic E-state index is 0.861. The number of fused-ring (bicyclic) bond motifs is 8. The maximum atomic E-state index is 6.60. The third-order valence-electron chi connectivity index (χ3n) is 9.66. The van der Waals surface area contributed by atoms with Gasteiger partial charge in [-0.2, -0.15) is 0 Å². The van der Waals surface area contributed by atoms with E-state index in [4.69, 9.17) is 8.83 Å². The van der Waals surface area contributed by atoms with Crippen molar-refractivity contribution in [3.63, 3.8) is 0 Å². The van der Waals surface area contributed by atoms with E-state index in [9.17, 15) is 0 Å². The Morgan fingerprint density at radius 2 is 1.00 bits per heavy atom. The Morgan fingerprint density at radius 1 is 0.347 bits per heavy atom. The predicted molar refractivity (Wildman–Crippen MR) is 204 cm³/mol. The molecule has 230 valence electrons. The molecule has 8 aromatic carbocycles. The van der Waals surface area contributed by atoms with Crippen LogP contribution < -0.4 is 4.90 Å². The summed E-state index contributed by atoms with van der Waals surface area (Å²) >= 11 is 0. The van der Waals surface area contributed by atoms with E-state index >= 15 is 0 Å². The lowest BCUT2D eigenvalue weighted by Gasteiger charge is -2.25. The normalized spacial score (nSPS) is 11.7. The summed E-state index contributed by atoms with van der Waals surface area (Å²) < 4.78 is 13.0. The van der Waals surface area contributed by atoms with E-state index in [0.717, 1.165) is 77.6 Å². The lowest BCUT2D eigenvalue weighted by molar-refractivity contribution is 0.668. The van der Waals surface area contributed by atoms with Crippen molar-refractivity contribution >= 4 is 71.7 Å². The van der Waals surface area contributed by atoms with Crippen molar-refractivity contribution in [2.24, 2.45) is 0 Å². The molecule has 0 bridgehead atoms. The number of para-hydroxylation sites is 4. The number of rotatable bonds is 5. The van der Waals surface area contributed by atoms with Crippen LogP contribution in [-0.4, -0.2) is 0 Å². The SMILES string of the molecule is c1ccc(N(c2ccccc2)c2ccc(-c3cccc4ccc5oc6cc(-c7cccc8c7oc7ccccc78)ccc6c5c34)cc2)cc1. The molecule has 0 saturated carbocycles. The number of benzene rings is 8. The van der Waals surface area contributed by atoms with Gasteiger partial charge >= 0.3 is 0 Å². The second-order valence-corrected chi connectivity index (χ2v) is 12.5. The molecule has 49 heavy (non-hydrogen) atoms. The first-order valence-electron chi connectivity index (χ1n) is 16.6. The van der Waals surface area contributed by atoms with Crippen LogP contribution in [0, 0.1) is 0 Å². The summed E-state index contributed by atoms with van der Waals surface area (Å²) in [6.07, 6.45) is 0. The second-order valence-electron chi connectivity index (χ2n) is 12.5. The average molecular weight is 628 g/mol. The van der Waals surface area contributed by atoms with Gasteiger partial charge in [0.15, 0.2) is 0 Å². The van der Waals surface area contributed by atoms with Gasteiger partial charge < -0.3 is 13.7 Å². The van der Waals surface area contributed by atoms with Gasteiger partial charge in [-0.3, -0.25) is 0 Å². The third kappa shape index (κ3) is 4.44. The van der Waals surface area contributed by atoms with Gasteiger partial charge in [0.05, 0.1) is 0 Å². The molecule has 0 N–H and O–H groups in total. The van der Waals surface area contributed by atoms with Crippen LogP contribution in [0.4, 0.5) is 17.1 Å². The number of nitrogens with zero attached hydrogens (tertiary/aromatic N) is 1. The Kier molecular flexibility index (Phi) is 6.18. The van der Waals surface area contributed by atoms with Crippen molar-refractivity contribution < 1.29 is 8.83 Å². The lowest BCUT2D eigenvalue weighted by atomic mass is 9.94. The Balaban J connectivity index is 1.11. The van der Waals surface area contributed by atoms with E-state index in [1.165, 1.54) is 16.3 Å². The minimum Gasteiger partial charge on any atom is -0.456 e. The molecule has 0 spiro atoms. The van der Waals surface area contributed by atoms with Gasteiger partial charge in [0, 0.05) is 49.6 Å². The van der Waals surface area contributed by atoms with Crippen molar-refractivity contribution in [1.82, 2.24) is 0 Å². The van der Waals surface area contributed by atoms with E-state index in [2.05, 4.69) is 169 Å². The maximum absolute atomic E-state index is 6.60. The van der Waals surface area contributed by atoms with Gasteiger partial charge in [-0.15, -0.1) is 0 Å². The largest absolute Gasteiger partial charge is 0.456 e. The fourth-order valence-electron chi connectivity index (χ4n) is 7.42. The molecule has 3 nitrogen and oxygen atoms in total. The predicted octanol–water partition coefficient (Wildman–Crippen LogP) is 13.4. The molecule has 3 heteroatoms. The molecule has 0 atom stereocenters. The van der Waals surface area contributed by atoms with Gasteiger partial charge in [-0.1, -0.05) is 115 Å². The van der Waals surface area contributed by atoms with Crippen LogP contribution in [0.1, 0.15) is 0 Å². The van der Waals surface area contributed by atoms with Crippen molar-refractivity contribution in [1.29, 1.82) is 0 Å². The van der Waals surface area contributed by atoms with Crippen LogP contribution in [0.3, 0.4) is 0 Å². The summed E-state index contributed by atoms with van der Waals surface area (Å²) in [6, 6.07) is 61.9.